The molecule has 1 aliphatic rings. The average Bonchev–Trinajstić information content (AvgIpc) is 2.40. The third-order valence-electron chi connectivity index (χ3n) is 1.77. The van der Waals surface area contributed by atoms with Gasteiger partial charge in [0.2, 0.25) is 0 Å². The molecule has 0 saturated carbocycles. The second-order valence-electron chi connectivity index (χ2n) is 2.82. The molecular formula is C8H6Cl3NO2. The molecule has 2 N–H and O–H groups in total. The molecule has 6 heteroatoms. The van der Waals surface area contributed by atoms with Gasteiger partial charge in [-0.1, -0.05) is 46.9 Å². The summed E-state index contributed by atoms with van der Waals surface area (Å²) in [6.07, 6.45) is 0. The molecule has 0 fully saturated rings. The molecule has 0 spiro atoms. The van der Waals surface area contributed by atoms with Crippen molar-refractivity contribution < 1.29 is 9.47 Å². The van der Waals surface area contributed by atoms with E-state index < -0.39 is 9.70 Å². The van der Waals surface area contributed by atoms with E-state index in [1.807, 2.05) is 0 Å². The van der Waals surface area contributed by atoms with Crippen LogP contribution in [-0.2, 0) is 0 Å². The minimum Gasteiger partial charge on any atom is -0.433 e. The lowest BCUT2D eigenvalue weighted by molar-refractivity contribution is -0.0693. The van der Waals surface area contributed by atoms with E-state index in [0.717, 1.165) is 0 Å². The molecule has 76 valence electrons. The van der Waals surface area contributed by atoms with Gasteiger partial charge in [0.05, 0.1) is 0 Å². The van der Waals surface area contributed by atoms with Gasteiger partial charge in [-0.15, -0.1) is 0 Å². The first-order valence-corrected chi connectivity index (χ1v) is 4.88. The van der Waals surface area contributed by atoms with Gasteiger partial charge < -0.3 is 9.47 Å². The zero-order valence-electron chi connectivity index (χ0n) is 6.84. The Morgan fingerprint density at radius 3 is 1.86 bits per heavy atom. The van der Waals surface area contributed by atoms with E-state index >= 15 is 0 Å². The highest BCUT2D eigenvalue weighted by molar-refractivity contribution is 6.68. The molecule has 3 nitrogen and oxygen atoms in total. The molecule has 2 rings (SSSR count). The molecule has 1 heterocycles. The quantitative estimate of drug-likeness (QED) is 0.723. The van der Waals surface area contributed by atoms with Crippen LogP contribution < -0.4 is 15.2 Å². The molecule has 0 amide bonds. The minimum absolute atomic E-state index is 0.460. The fourth-order valence-corrected chi connectivity index (χ4v) is 1.31. The summed E-state index contributed by atoms with van der Waals surface area (Å²) in [5, 5.41) is 0. The number of hydrogen-bond acceptors (Lipinski definition) is 3. The van der Waals surface area contributed by atoms with E-state index in [9.17, 15) is 0 Å². The highest BCUT2D eigenvalue weighted by Crippen LogP contribution is 2.46. The standard InChI is InChI=1S/C8H6Cl3NO2/c9-7(10,11)8(12)13-5-3-1-2-4-6(5)14-8/h1-4H,12H2. The lowest BCUT2D eigenvalue weighted by Crippen LogP contribution is -2.58. The monoisotopic (exact) mass is 253 g/mol. The topological polar surface area (TPSA) is 44.5 Å². The van der Waals surface area contributed by atoms with Crippen molar-refractivity contribution in [2.75, 3.05) is 0 Å². The van der Waals surface area contributed by atoms with Crippen LogP contribution >= 0.6 is 34.8 Å². The maximum Gasteiger partial charge on any atom is 0.360 e. The third-order valence-corrected chi connectivity index (χ3v) is 2.56. The highest BCUT2D eigenvalue weighted by Gasteiger charge is 2.55. The van der Waals surface area contributed by atoms with Crippen LogP contribution in [0.3, 0.4) is 0 Å². The normalized spacial score (nSPS) is 18.3. The summed E-state index contributed by atoms with van der Waals surface area (Å²) in [7, 11) is 0. The number of benzene rings is 1. The van der Waals surface area contributed by atoms with Crippen LogP contribution in [0, 0.1) is 0 Å². The number of rotatable bonds is 0. The molecule has 0 bridgehead atoms. The Kier molecular flexibility index (Phi) is 2.23. The van der Waals surface area contributed by atoms with Crippen molar-refractivity contribution in [2.24, 2.45) is 5.73 Å². The zero-order chi connectivity index (χ0) is 10.4. The smallest absolute Gasteiger partial charge is 0.360 e. The molecule has 0 radical (unpaired) electrons. The number of hydrogen-bond donors (Lipinski definition) is 1. The summed E-state index contributed by atoms with van der Waals surface area (Å²) < 4.78 is 8.58. The second kappa shape index (κ2) is 3.07. The molecule has 1 aliphatic heterocycles. The lowest BCUT2D eigenvalue weighted by atomic mass is 10.3. The first-order valence-electron chi connectivity index (χ1n) is 3.75. The largest absolute Gasteiger partial charge is 0.433 e. The van der Waals surface area contributed by atoms with Gasteiger partial charge in [-0.25, -0.2) is 0 Å². The van der Waals surface area contributed by atoms with E-state index in [-0.39, 0.29) is 0 Å². The van der Waals surface area contributed by atoms with Gasteiger partial charge in [-0.2, -0.15) is 0 Å². The van der Waals surface area contributed by atoms with Crippen molar-refractivity contribution in [3.05, 3.63) is 24.3 Å². The summed E-state index contributed by atoms with van der Waals surface area (Å²) in [4.78, 5) is 0. The van der Waals surface area contributed by atoms with Crippen LogP contribution in [0.5, 0.6) is 11.5 Å². The highest BCUT2D eigenvalue weighted by atomic mass is 35.6. The van der Waals surface area contributed by atoms with Crippen LogP contribution in [0.4, 0.5) is 0 Å². The average molecular weight is 254 g/mol. The fourth-order valence-electron chi connectivity index (χ4n) is 1.08. The first-order chi connectivity index (χ1) is 6.42. The van der Waals surface area contributed by atoms with E-state index in [4.69, 9.17) is 50.0 Å². The summed E-state index contributed by atoms with van der Waals surface area (Å²) in [6.45, 7) is 0. The van der Waals surface area contributed by atoms with Crippen molar-refractivity contribution in [3.8, 4) is 11.5 Å². The second-order valence-corrected chi connectivity index (χ2v) is 5.10. The minimum atomic E-state index is -1.86. The number of para-hydroxylation sites is 2. The molecule has 0 aromatic heterocycles. The van der Waals surface area contributed by atoms with E-state index in [2.05, 4.69) is 0 Å². The molecule has 0 unspecified atom stereocenters. The van der Waals surface area contributed by atoms with E-state index in [1.54, 1.807) is 24.3 Å². The molecule has 1 aromatic carbocycles. The third kappa shape index (κ3) is 1.50. The molecule has 0 atom stereocenters. The molecule has 0 aliphatic carbocycles. The van der Waals surface area contributed by atoms with Crippen LogP contribution in [0.15, 0.2) is 24.3 Å². The number of ether oxygens (including phenoxy) is 2. The number of fused-ring (bicyclic) bond motifs is 1. The predicted octanol–water partition coefficient (Wildman–Crippen LogP) is 2.44. The molecule has 1 aromatic rings. The van der Waals surface area contributed by atoms with Crippen LogP contribution in [-0.4, -0.2) is 9.70 Å². The molecule has 14 heavy (non-hydrogen) atoms. The lowest BCUT2D eigenvalue weighted by Gasteiger charge is -2.28. The predicted molar refractivity (Wildman–Crippen MR) is 54.9 cm³/mol. The van der Waals surface area contributed by atoms with Crippen molar-refractivity contribution in [1.82, 2.24) is 0 Å². The number of nitrogens with two attached hydrogens (primary N) is 1. The van der Waals surface area contributed by atoms with Gasteiger partial charge in [0.15, 0.2) is 11.5 Å². The Morgan fingerprint density at radius 1 is 1.07 bits per heavy atom. The van der Waals surface area contributed by atoms with Gasteiger partial charge >= 0.3 is 5.91 Å². The van der Waals surface area contributed by atoms with E-state index in [1.165, 1.54) is 0 Å². The van der Waals surface area contributed by atoms with Gasteiger partial charge in [-0.05, 0) is 12.1 Å². The maximum absolute atomic E-state index is 5.65. The van der Waals surface area contributed by atoms with Gasteiger partial charge in [0, 0.05) is 0 Å². The van der Waals surface area contributed by atoms with Crippen LogP contribution in [0.2, 0.25) is 0 Å². The summed E-state index contributed by atoms with van der Waals surface area (Å²) in [6, 6.07) is 6.90. The van der Waals surface area contributed by atoms with Crippen molar-refractivity contribution in [3.63, 3.8) is 0 Å². The fraction of sp³-hybridized carbons (Fsp3) is 0.250. The number of alkyl halides is 3. The Bertz CT molecular complexity index is 339. The zero-order valence-corrected chi connectivity index (χ0v) is 9.10. The van der Waals surface area contributed by atoms with Gasteiger partial charge in [0.25, 0.3) is 3.79 Å². The van der Waals surface area contributed by atoms with Gasteiger partial charge in [-0.3, -0.25) is 5.73 Å². The summed E-state index contributed by atoms with van der Waals surface area (Å²) in [5.74, 6) is -0.843. The van der Waals surface area contributed by atoms with Crippen molar-refractivity contribution in [2.45, 2.75) is 9.70 Å². The Balaban J connectivity index is 2.35. The Hall–Kier alpha value is -0.350. The van der Waals surface area contributed by atoms with Gasteiger partial charge in [0.1, 0.15) is 0 Å². The molecule has 0 saturated heterocycles. The first kappa shape index (κ1) is 10.2. The summed E-state index contributed by atoms with van der Waals surface area (Å²) in [5.41, 5.74) is 5.65. The van der Waals surface area contributed by atoms with Crippen molar-refractivity contribution in [1.29, 1.82) is 0 Å². The summed E-state index contributed by atoms with van der Waals surface area (Å²) >= 11 is 16.9. The SMILES string of the molecule is NC1(C(Cl)(Cl)Cl)Oc2ccccc2O1. The Labute approximate surface area is 95.6 Å². The van der Waals surface area contributed by atoms with Crippen LogP contribution in [0.25, 0.3) is 0 Å². The van der Waals surface area contributed by atoms with E-state index in [0.29, 0.717) is 11.5 Å². The van der Waals surface area contributed by atoms with Crippen molar-refractivity contribution >= 4 is 34.8 Å². The number of halogens is 3. The van der Waals surface area contributed by atoms with Crippen LogP contribution in [0.1, 0.15) is 0 Å². The molecular weight excluding hydrogens is 248 g/mol. The maximum atomic E-state index is 5.65. The Morgan fingerprint density at radius 2 is 1.50 bits per heavy atom.